The Hall–Kier alpha value is -1.10. The van der Waals surface area contributed by atoms with Crippen LogP contribution in [0.15, 0.2) is 24.4 Å². The lowest BCUT2D eigenvalue weighted by molar-refractivity contribution is 0.644. The van der Waals surface area contributed by atoms with Crippen LogP contribution in [0.5, 0.6) is 0 Å². The van der Waals surface area contributed by atoms with E-state index in [-0.39, 0.29) is 6.04 Å². The first-order valence-electron chi connectivity index (χ1n) is 5.69. The highest BCUT2D eigenvalue weighted by Crippen LogP contribution is 2.21. The summed E-state index contributed by atoms with van der Waals surface area (Å²) in [5.74, 6) is 0. The molecule has 1 aromatic carbocycles. The Morgan fingerprint density at radius 2 is 2.17 bits per heavy atom. The van der Waals surface area contributed by atoms with Gasteiger partial charge in [0.2, 0.25) is 0 Å². The second-order valence-electron chi connectivity index (χ2n) is 4.09. The highest BCUT2D eigenvalue weighted by atomic mass is 35.5. The van der Waals surface area contributed by atoms with Gasteiger partial charge in [0.05, 0.1) is 24.5 Å². The Kier molecular flexibility index (Phi) is 4.22. The SMILES string of the molecule is CCC(N)c1cn(Cc2cc(Cl)ccc2Cl)nn1. The molecule has 0 aliphatic heterocycles. The lowest BCUT2D eigenvalue weighted by Crippen LogP contribution is -2.08. The number of halogens is 2. The van der Waals surface area contributed by atoms with Gasteiger partial charge in [0.25, 0.3) is 0 Å². The second kappa shape index (κ2) is 5.69. The van der Waals surface area contributed by atoms with Crippen LogP contribution in [-0.2, 0) is 6.54 Å². The summed E-state index contributed by atoms with van der Waals surface area (Å²) in [6.07, 6.45) is 2.67. The van der Waals surface area contributed by atoms with Crippen LogP contribution >= 0.6 is 23.2 Å². The summed E-state index contributed by atoms with van der Waals surface area (Å²) < 4.78 is 1.71. The van der Waals surface area contributed by atoms with Crippen LogP contribution in [0, 0.1) is 0 Å². The maximum absolute atomic E-state index is 6.10. The molecule has 0 amide bonds. The summed E-state index contributed by atoms with van der Waals surface area (Å²) in [4.78, 5) is 0. The third-order valence-electron chi connectivity index (χ3n) is 2.72. The zero-order chi connectivity index (χ0) is 13.1. The molecular formula is C12H14Cl2N4. The lowest BCUT2D eigenvalue weighted by atomic mass is 10.2. The molecule has 0 saturated carbocycles. The standard InChI is InChI=1S/C12H14Cl2N4/c1-2-11(15)12-7-18(17-16-12)6-8-5-9(13)3-4-10(8)14/h3-5,7,11H,2,6,15H2,1H3. The Balaban J connectivity index is 2.18. The molecule has 0 bridgehead atoms. The molecular weight excluding hydrogens is 271 g/mol. The largest absolute Gasteiger partial charge is 0.323 e. The topological polar surface area (TPSA) is 56.7 Å². The fourth-order valence-corrected chi connectivity index (χ4v) is 1.98. The summed E-state index contributed by atoms with van der Waals surface area (Å²) >= 11 is 12.0. The van der Waals surface area contributed by atoms with Crippen LogP contribution in [-0.4, -0.2) is 15.0 Å². The second-order valence-corrected chi connectivity index (χ2v) is 4.94. The zero-order valence-electron chi connectivity index (χ0n) is 9.98. The third kappa shape index (κ3) is 3.02. The molecule has 0 spiro atoms. The van der Waals surface area contributed by atoms with Crippen molar-refractivity contribution in [2.45, 2.75) is 25.9 Å². The van der Waals surface area contributed by atoms with E-state index in [9.17, 15) is 0 Å². The van der Waals surface area contributed by atoms with Crippen molar-refractivity contribution in [2.75, 3.05) is 0 Å². The number of nitrogens with zero attached hydrogens (tertiary/aromatic N) is 3. The van der Waals surface area contributed by atoms with Crippen molar-refractivity contribution in [2.24, 2.45) is 5.73 Å². The van der Waals surface area contributed by atoms with Gasteiger partial charge in [0.1, 0.15) is 0 Å². The van der Waals surface area contributed by atoms with E-state index >= 15 is 0 Å². The number of aromatic nitrogens is 3. The van der Waals surface area contributed by atoms with Crippen LogP contribution in [0.2, 0.25) is 10.0 Å². The lowest BCUT2D eigenvalue weighted by Gasteiger charge is -2.05. The van der Waals surface area contributed by atoms with Crippen molar-refractivity contribution < 1.29 is 0 Å². The summed E-state index contributed by atoms with van der Waals surface area (Å²) in [6.45, 7) is 2.54. The van der Waals surface area contributed by atoms with E-state index in [1.165, 1.54) is 0 Å². The zero-order valence-corrected chi connectivity index (χ0v) is 11.5. The van der Waals surface area contributed by atoms with Crippen molar-refractivity contribution in [1.29, 1.82) is 0 Å². The van der Waals surface area contributed by atoms with Gasteiger partial charge in [0, 0.05) is 10.0 Å². The van der Waals surface area contributed by atoms with Gasteiger partial charge in [0.15, 0.2) is 0 Å². The summed E-state index contributed by atoms with van der Waals surface area (Å²) in [5, 5.41) is 9.40. The van der Waals surface area contributed by atoms with Gasteiger partial charge in [-0.25, -0.2) is 4.68 Å². The highest BCUT2D eigenvalue weighted by Gasteiger charge is 2.09. The minimum Gasteiger partial charge on any atom is -0.323 e. The van der Waals surface area contributed by atoms with Crippen molar-refractivity contribution in [3.63, 3.8) is 0 Å². The average Bonchev–Trinajstić information content (AvgIpc) is 2.81. The van der Waals surface area contributed by atoms with Crippen LogP contribution in [0.25, 0.3) is 0 Å². The number of benzene rings is 1. The Morgan fingerprint density at radius 3 is 2.89 bits per heavy atom. The van der Waals surface area contributed by atoms with Gasteiger partial charge in [-0.2, -0.15) is 0 Å². The number of hydrogen-bond acceptors (Lipinski definition) is 3. The van der Waals surface area contributed by atoms with Gasteiger partial charge in [-0.05, 0) is 30.2 Å². The molecule has 1 aromatic heterocycles. The Bertz CT molecular complexity index is 539. The Labute approximate surface area is 116 Å². The first-order chi connectivity index (χ1) is 8.60. The Morgan fingerprint density at radius 1 is 1.39 bits per heavy atom. The van der Waals surface area contributed by atoms with E-state index in [0.29, 0.717) is 16.6 Å². The van der Waals surface area contributed by atoms with Gasteiger partial charge < -0.3 is 5.73 Å². The predicted octanol–water partition coefficient (Wildman–Crippen LogP) is 3.04. The number of rotatable bonds is 4. The molecule has 2 rings (SSSR count). The van der Waals surface area contributed by atoms with Crippen LogP contribution in [0.4, 0.5) is 0 Å². The maximum atomic E-state index is 6.10. The van der Waals surface area contributed by atoms with Crippen molar-refractivity contribution in [3.8, 4) is 0 Å². The molecule has 1 heterocycles. The minimum atomic E-state index is -0.0754. The fourth-order valence-electron chi connectivity index (χ4n) is 1.61. The molecule has 96 valence electrons. The maximum Gasteiger partial charge on any atom is 0.0994 e. The molecule has 0 aliphatic rings. The quantitative estimate of drug-likeness (QED) is 0.939. The highest BCUT2D eigenvalue weighted by molar-refractivity contribution is 6.33. The molecule has 0 radical (unpaired) electrons. The summed E-state index contributed by atoms with van der Waals surface area (Å²) in [6, 6.07) is 5.28. The van der Waals surface area contributed by atoms with E-state index in [1.807, 2.05) is 19.2 Å². The van der Waals surface area contributed by atoms with Crippen LogP contribution in [0.1, 0.15) is 30.6 Å². The summed E-state index contributed by atoms with van der Waals surface area (Å²) in [5.41, 5.74) is 7.59. The van der Waals surface area contributed by atoms with Crippen molar-refractivity contribution in [3.05, 3.63) is 45.7 Å². The van der Waals surface area contributed by atoms with E-state index in [4.69, 9.17) is 28.9 Å². The van der Waals surface area contributed by atoms with Crippen LogP contribution in [0.3, 0.4) is 0 Å². The molecule has 6 heteroatoms. The van der Waals surface area contributed by atoms with Gasteiger partial charge in [-0.1, -0.05) is 35.3 Å². The smallest absolute Gasteiger partial charge is 0.0994 e. The molecule has 0 aliphatic carbocycles. The van der Waals surface area contributed by atoms with Crippen molar-refractivity contribution in [1.82, 2.24) is 15.0 Å². The minimum absolute atomic E-state index is 0.0754. The van der Waals surface area contributed by atoms with Gasteiger partial charge in [-0.15, -0.1) is 5.10 Å². The number of nitrogens with two attached hydrogens (primary N) is 1. The fraction of sp³-hybridized carbons (Fsp3) is 0.333. The normalized spacial score (nSPS) is 12.7. The molecule has 2 N–H and O–H groups in total. The van der Waals surface area contributed by atoms with Crippen molar-refractivity contribution >= 4 is 23.2 Å². The first-order valence-corrected chi connectivity index (χ1v) is 6.45. The van der Waals surface area contributed by atoms with E-state index in [1.54, 1.807) is 16.8 Å². The van der Waals surface area contributed by atoms with Gasteiger partial charge in [-0.3, -0.25) is 0 Å². The van der Waals surface area contributed by atoms with Gasteiger partial charge >= 0.3 is 0 Å². The van der Waals surface area contributed by atoms with E-state index in [2.05, 4.69) is 10.3 Å². The molecule has 2 aromatic rings. The number of hydrogen-bond donors (Lipinski definition) is 1. The van der Waals surface area contributed by atoms with E-state index in [0.717, 1.165) is 17.7 Å². The molecule has 1 unspecified atom stereocenters. The van der Waals surface area contributed by atoms with E-state index < -0.39 is 0 Å². The monoisotopic (exact) mass is 284 g/mol. The molecule has 0 fully saturated rings. The average molecular weight is 285 g/mol. The predicted molar refractivity (Wildman–Crippen MR) is 72.8 cm³/mol. The molecule has 4 nitrogen and oxygen atoms in total. The molecule has 1 atom stereocenters. The van der Waals surface area contributed by atoms with Crippen LogP contribution < -0.4 is 5.73 Å². The third-order valence-corrected chi connectivity index (χ3v) is 3.32. The summed E-state index contributed by atoms with van der Waals surface area (Å²) in [7, 11) is 0. The first kappa shape index (κ1) is 13.3. The molecule has 0 saturated heterocycles. The molecule has 18 heavy (non-hydrogen) atoms.